The van der Waals surface area contributed by atoms with Crippen molar-refractivity contribution in [1.82, 2.24) is 10.3 Å². The number of carbonyl (C=O) groups is 3. The summed E-state index contributed by atoms with van der Waals surface area (Å²) in [4.78, 5) is 39.3. The van der Waals surface area contributed by atoms with Crippen LogP contribution >= 0.6 is 11.6 Å². The van der Waals surface area contributed by atoms with Crippen LogP contribution in [0.15, 0.2) is 36.4 Å². The van der Waals surface area contributed by atoms with Gasteiger partial charge >= 0.3 is 5.97 Å². The smallest absolute Gasteiger partial charge is 0.355 e. The van der Waals surface area contributed by atoms with Crippen molar-refractivity contribution in [2.75, 3.05) is 32.7 Å². The number of hydrogen-bond acceptors (Lipinski definition) is 6. The second-order valence-corrected chi connectivity index (χ2v) is 7.20. The highest BCUT2D eigenvalue weighted by molar-refractivity contribution is 6.31. The molecule has 1 heterocycles. The van der Waals surface area contributed by atoms with Gasteiger partial charge in [-0.05, 0) is 36.8 Å². The molecular formula is C22H22ClN3O6. The number of benzene rings is 2. The van der Waals surface area contributed by atoms with Gasteiger partial charge in [-0.25, -0.2) is 4.79 Å². The average Bonchev–Trinajstić information content (AvgIpc) is 3.22. The van der Waals surface area contributed by atoms with E-state index < -0.39 is 24.4 Å². The standard InChI is InChI=1S/C22H22ClN3O6/c1-12-15(23)5-4-6-16(12)25-19(27)10-24-20(28)11-32-22(29)17-8-13-7-14(30-2)9-18(31-3)21(13)26-17/h4-9,26H,10-11H2,1-3H3,(H,24,28)(H,25,27). The van der Waals surface area contributed by atoms with Crippen LogP contribution < -0.4 is 20.1 Å². The first-order valence-electron chi connectivity index (χ1n) is 9.56. The molecule has 0 bridgehead atoms. The summed E-state index contributed by atoms with van der Waals surface area (Å²) in [7, 11) is 3.03. The van der Waals surface area contributed by atoms with E-state index in [-0.39, 0.29) is 12.2 Å². The molecule has 0 unspecified atom stereocenters. The number of aromatic amines is 1. The number of aromatic nitrogens is 1. The molecule has 32 heavy (non-hydrogen) atoms. The van der Waals surface area contributed by atoms with E-state index in [0.29, 0.717) is 33.1 Å². The van der Waals surface area contributed by atoms with E-state index in [1.54, 1.807) is 43.3 Å². The summed E-state index contributed by atoms with van der Waals surface area (Å²) in [6, 6.07) is 10.1. The second kappa shape index (κ2) is 10.1. The van der Waals surface area contributed by atoms with Gasteiger partial charge in [0.15, 0.2) is 6.61 Å². The largest absolute Gasteiger partial charge is 0.497 e. The van der Waals surface area contributed by atoms with Gasteiger partial charge in [-0.2, -0.15) is 0 Å². The number of hydrogen-bond donors (Lipinski definition) is 3. The number of ether oxygens (including phenoxy) is 3. The number of halogens is 1. The van der Waals surface area contributed by atoms with Crippen LogP contribution in [-0.2, 0) is 14.3 Å². The quantitative estimate of drug-likeness (QED) is 0.445. The first kappa shape index (κ1) is 23.0. The molecule has 0 aliphatic carbocycles. The fourth-order valence-electron chi connectivity index (χ4n) is 2.95. The van der Waals surface area contributed by atoms with Crippen molar-refractivity contribution in [3.63, 3.8) is 0 Å². The minimum Gasteiger partial charge on any atom is -0.497 e. The minimum absolute atomic E-state index is 0.147. The molecule has 0 spiro atoms. The van der Waals surface area contributed by atoms with Crippen LogP contribution in [0, 0.1) is 6.92 Å². The monoisotopic (exact) mass is 459 g/mol. The van der Waals surface area contributed by atoms with Crippen molar-refractivity contribution in [1.29, 1.82) is 0 Å². The summed E-state index contributed by atoms with van der Waals surface area (Å²) in [5, 5.41) is 6.26. The van der Waals surface area contributed by atoms with Crippen LogP contribution in [-0.4, -0.2) is 50.1 Å². The first-order valence-corrected chi connectivity index (χ1v) is 9.93. The Morgan fingerprint density at radius 3 is 2.56 bits per heavy atom. The molecule has 0 radical (unpaired) electrons. The summed E-state index contributed by atoms with van der Waals surface area (Å²) < 4.78 is 15.5. The predicted octanol–water partition coefficient (Wildman–Crippen LogP) is 3.06. The molecule has 1 aromatic heterocycles. The van der Waals surface area contributed by atoms with Gasteiger partial charge in [0.25, 0.3) is 5.91 Å². The number of carbonyl (C=O) groups excluding carboxylic acids is 3. The lowest BCUT2D eigenvalue weighted by atomic mass is 10.2. The van der Waals surface area contributed by atoms with E-state index in [0.717, 1.165) is 5.56 Å². The zero-order valence-electron chi connectivity index (χ0n) is 17.7. The highest BCUT2D eigenvalue weighted by Gasteiger charge is 2.16. The van der Waals surface area contributed by atoms with Crippen molar-refractivity contribution in [2.24, 2.45) is 0 Å². The SMILES string of the molecule is COc1cc(OC)c2[nH]c(C(=O)OCC(=O)NCC(=O)Nc3cccc(Cl)c3C)cc2c1. The average molecular weight is 460 g/mol. The summed E-state index contributed by atoms with van der Waals surface area (Å²) >= 11 is 6.02. The fraction of sp³-hybridized carbons (Fsp3) is 0.227. The van der Waals surface area contributed by atoms with Crippen LogP contribution in [0.2, 0.25) is 5.02 Å². The molecule has 0 aliphatic heterocycles. The zero-order chi connectivity index (χ0) is 23.3. The van der Waals surface area contributed by atoms with E-state index in [1.807, 2.05) is 0 Å². The number of anilines is 1. The Balaban J connectivity index is 1.53. The summed E-state index contributed by atoms with van der Waals surface area (Å²) in [6.07, 6.45) is 0. The maximum Gasteiger partial charge on any atom is 0.355 e. The lowest BCUT2D eigenvalue weighted by Crippen LogP contribution is -2.35. The van der Waals surface area contributed by atoms with Gasteiger partial charge in [0.2, 0.25) is 5.91 Å². The third kappa shape index (κ3) is 5.30. The molecule has 10 heteroatoms. The molecule has 3 aromatic rings. The molecule has 2 amide bonds. The van der Waals surface area contributed by atoms with Crippen LogP contribution in [0.1, 0.15) is 16.1 Å². The van der Waals surface area contributed by atoms with E-state index in [4.69, 9.17) is 25.8 Å². The molecule has 168 valence electrons. The van der Waals surface area contributed by atoms with E-state index in [9.17, 15) is 14.4 Å². The van der Waals surface area contributed by atoms with Crippen LogP contribution in [0.5, 0.6) is 11.5 Å². The topological polar surface area (TPSA) is 119 Å². The zero-order valence-corrected chi connectivity index (χ0v) is 18.5. The Morgan fingerprint density at radius 2 is 1.84 bits per heavy atom. The number of fused-ring (bicyclic) bond motifs is 1. The Bertz CT molecular complexity index is 1170. The minimum atomic E-state index is -0.726. The van der Waals surface area contributed by atoms with Gasteiger partial charge in [-0.15, -0.1) is 0 Å². The maximum atomic E-state index is 12.3. The van der Waals surface area contributed by atoms with Gasteiger partial charge in [-0.3, -0.25) is 9.59 Å². The van der Waals surface area contributed by atoms with Gasteiger partial charge < -0.3 is 29.8 Å². The highest BCUT2D eigenvalue weighted by Crippen LogP contribution is 2.31. The third-order valence-electron chi connectivity index (χ3n) is 4.66. The molecular weight excluding hydrogens is 438 g/mol. The van der Waals surface area contributed by atoms with Gasteiger partial charge in [-0.1, -0.05) is 17.7 Å². The van der Waals surface area contributed by atoms with Crippen LogP contribution in [0.25, 0.3) is 10.9 Å². The molecule has 3 rings (SSSR count). The lowest BCUT2D eigenvalue weighted by Gasteiger charge is -2.10. The van der Waals surface area contributed by atoms with Crippen molar-refractivity contribution in [2.45, 2.75) is 6.92 Å². The van der Waals surface area contributed by atoms with Crippen molar-refractivity contribution in [3.05, 3.63) is 52.7 Å². The van der Waals surface area contributed by atoms with Crippen molar-refractivity contribution < 1.29 is 28.6 Å². The number of H-pyrrole nitrogens is 1. The lowest BCUT2D eigenvalue weighted by molar-refractivity contribution is -0.126. The Kier molecular flexibility index (Phi) is 7.21. The first-order chi connectivity index (χ1) is 15.3. The number of nitrogens with one attached hydrogen (secondary N) is 3. The van der Waals surface area contributed by atoms with Gasteiger partial charge in [0, 0.05) is 22.2 Å². The Morgan fingerprint density at radius 1 is 1.06 bits per heavy atom. The van der Waals surface area contributed by atoms with Crippen molar-refractivity contribution >= 4 is 46.0 Å². The molecule has 0 aliphatic rings. The molecule has 3 N–H and O–H groups in total. The number of esters is 1. The fourth-order valence-corrected chi connectivity index (χ4v) is 3.12. The highest BCUT2D eigenvalue weighted by atomic mass is 35.5. The summed E-state index contributed by atoms with van der Waals surface area (Å²) in [5.41, 5.74) is 2.01. The van der Waals surface area contributed by atoms with E-state index in [2.05, 4.69) is 15.6 Å². The Labute approximate surface area is 189 Å². The summed E-state index contributed by atoms with van der Waals surface area (Å²) in [5.74, 6) is -0.717. The molecule has 0 fully saturated rings. The number of methoxy groups -OCH3 is 2. The number of rotatable bonds is 8. The predicted molar refractivity (Wildman–Crippen MR) is 120 cm³/mol. The second-order valence-electron chi connectivity index (χ2n) is 6.79. The van der Waals surface area contributed by atoms with E-state index in [1.165, 1.54) is 14.2 Å². The van der Waals surface area contributed by atoms with Gasteiger partial charge in [0.05, 0.1) is 26.3 Å². The van der Waals surface area contributed by atoms with Crippen molar-refractivity contribution in [3.8, 4) is 11.5 Å². The van der Waals surface area contributed by atoms with Gasteiger partial charge in [0.1, 0.15) is 17.2 Å². The molecule has 0 atom stereocenters. The normalized spacial score (nSPS) is 10.5. The van der Waals surface area contributed by atoms with Crippen LogP contribution in [0.3, 0.4) is 0 Å². The number of amides is 2. The maximum absolute atomic E-state index is 12.3. The third-order valence-corrected chi connectivity index (χ3v) is 5.07. The molecule has 2 aromatic carbocycles. The summed E-state index contributed by atoms with van der Waals surface area (Å²) in [6.45, 7) is 0.940. The Hall–Kier alpha value is -3.72. The van der Waals surface area contributed by atoms with Crippen LogP contribution in [0.4, 0.5) is 5.69 Å². The molecule has 0 saturated carbocycles. The molecule has 9 nitrogen and oxygen atoms in total. The molecule has 0 saturated heterocycles. The van der Waals surface area contributed by atoms with E-state index >= 15 is 0 Å².